The molecule has 9 heteroatoms. The molecule has 3 rings (SSSR count). The van der Waals surface area contributed by atoms with Crippen molar-refractivity contribution in [3.05, 3.63) is 18.2 Å². The van der Waals surface area contributed by atoms with Gasteiger partial charge in [-0.05, 0) is 5.92 Å². The first kappa shape index (κ1) is 16.8. The average Bonchev–Trinajstić information content (AvgIpc) is 3.17. The lowest BCUT2D eigenvalue weighted by Crippen LogP contribution is -2.42. The van der Waals surface area contributed by atoms with Crippen molar-refractivity contribution in [1.29, 1.82) is 0 Å². The maximum atomic E-state index is 12.2. The fraction of sp³-hybridized carbons (Fsp3) is 0.600. The summed E-state index contributed by atoms with van der Waals surface area (Å²) in [7, 11) is 0. The van der Waals surface area contributed by atoms with Crippen LogP contribution in [0.1, 0.15) is 19.7 Å². The summed E-state index contributed by atoms with van der Waals surface area (Å²) in [6.45, 7) is 7.02. The third-order valence-electron chi connectivity index (χ3n) is 3.60. The monoisotopic (exact) mass is 350 g/mol. The van der Waals surface area contributed by atoms with Crippen LogP contribution in [-0.2, 0) is 22.5 Å². The maximum Gasteiger partial charge on any atom is 0.244 e. The largest absolute Gasteiger partial charge is 0.378 e. The molecule has 0 atom stereocenters. The molecule has 0 spiro atoms. The van der Waals surface area contributed by atoms with Gasteiger partial charge in [0.1, 0.15) is 12.4 Å². The third-order valence-corrected chi connectivity index (χ3v) is 4.27. The highest BCUT2D eigenvalue weighted by molar-refractivity contribution is 7.09. The summed E-state index contributed by atoms with van der Waals surface area (Å²) < 4.78 is 11.2. The summed E-state index contributed by atoms with van der Waals surface area (Å²) in [5.41, 5.74) is 0.803. The van der Waals surface area contributed by atoms with Gasteiger partial charge in [0.2, 0.25) is 11.0 Å². The highest BCUT2D eigenvalue weighted by Gasteiger charge is 2.17. The lowest BCUT2D eigenvalue weighted by molar-refractivity contribution is -0.136. The van der Waals surface area contributed by atoms with Crippen molar-refractivity contribution in [3.63, 3.8) is 0 Å². The molecule has 2 aromatic rings. The number of hydrogen-bond donors (Lipinski definition) is 1. The molecule has 1 amide bonds. The van der Waals surface area contributed by atoms with E-state index in [1.807, 2.05) is 6.20 Å². The second-order valence-electron chi connectivity index (χ2n) is 6.16. The lowest BCUT2D eigenvalue weighted by Gasteiger charge is -2.26. The first-order valence-electron chi connectivity index (χ1n) is 8.08. The fourth-order valence-electron chi connectivity index (χ4n) is 2.44. The molecule has 0 unspecified atom stereocenters. The van der Waals surface area contributed by atoms with Gasteiger partial charge in [-0.15, -0.1) is 0 Å². The van der Waals surface area contributed by atoms with Crippen LogP contribution in [0, 0.1) is 5.92 Å². The number of morpholine rings is 1. The van der Waals surface area contributed by atoms with Gasteiger partial charge in [-0.25, -0.2) is 4.98 Å². The molecule has 0 aliphatic carbocycles. The van der Waals surface area contributed by atoms with E-state index in [0.29, 0.717) is 32.2 Å². The van der Waals surface area contributed by atoms with Crippen molar-refractivity contribution in [1.82, 2.24) is 24.0 Å². The van der Waals surface area contributed by atoms with Crippen LogP contribution < -0.4 is 5.32 Å². The Hall–Kier alpha value is -2.00. The van der Waals surface area contributed by atoms with E-state index < -0.39 is 0 Å². The summed E-state index contributed by atoms with van der Waals surface area (Å²) in [4.78, 5) is 18.5. The molecule has 0 bridgehead atoms. The fourth-order valence-corrected chi connectivity index (χ4v) is 3.06. The quantitative estimate of drug-likeness (QED) is 0.850. The topological polar surface area (TPSA) is 85.2 Å². The zero-order chi connectivity index (χ0) is 16.9. The number of anilines is 2. The average molecular weight is 350 g/mol. The SMILES string of the molecule is CC(C)Cc1nsc(Nc2cnn(CC(=O)N3CCOCC3)c2)n1. The number of nitrogens with one attached hydrogen (secondary N) is 1. The smallest absolute Gasteiger partial charge is 0.244 e. The molecule has 0 saturated carbocycles. The summed E-state index contributed by atoms with van der Waals surface area (Å²) in [5, 5.41) is 8.16. The van der Waals surface area contributed by atoms with Crippen molar-refractivity contribution in [2.24, 2.45) is 5.92 Å². The van der Waals surface area contributed by atoms with Crippen LogP contribution in [0.4, 0.5) is 10.8 Å². The van der Waals surface area contributed by atoms with Crippen molar-refractivity contribution < 1.29 is 9.53 Å². The molecular formula is C15H22N6O2S. The molecule has 1 N–H and O–H groups in total. The second-order valence-corrected chi connectivity index (χ2v) is 6.91. The molecule has 2 aromatic heterocycles. The zero-order valence-corrected chi connectivity index (χ0v) is 14.8. The first-order valence-corrected chi connectivity index (χ1v) is 8.85. The van der Waals surface area contributed by atoms with Crippen LogP contribution in [-0.4, -0.2) is 56.2 Å². The highest BCUT2D eigenvalue weighted by atomic mass is 32.1. The molecule has 8 nitrogen and oxygen atoms in total. The van der Waals surface area contributed by atoms with E-state index in [4.69, 9.17) is 4.74 Å². The Morgan fingerprint density at radius 2 is 2.21 bits per heavy atom. The molecule has 130 valence electrons. The Bertz CT molecular complexity index is 677. The van der Waals surface area contributed by atoms with Gasteiger partial charge in [-0.1, -0.05) is 13.8 Å². The number of carbonyl (C=O) groups is 1. The number of carbonyl (C=O) groups excluding carboxylic acids is 1. The van der Waals surface area contributed by atoms with Crippen LogP contribution in [0.25, 0.3) is 0 Å². The van der Waals surface area contributed by atoms with Gasteiger partial charge in [0, 0.05) is 37.2 Å². The normalized spacial score (nSPS) is 15.0. The third kappa shape index (κ3) is 4.51. The van der Waals surface area contributed by atoms with Gasteiger partial charge in [0.25, 0.3) is 0 Å². The van der Waals surface area contributed by atoms with E-state index in [2.05, 4.69) is 33.6 Å². The lowest BCUT2D eigenvalue weighted by atomic mass is 10.1. The first-order chi connectivity index (χ1) is 11.6. The maximum absolute atomic E-state index is 12.2. The van der Waals surface area contributed by atoms with Crippen molar-refractivity contribution in [2.75, 3.05) is 31.6 Å². The van der Waals surface area contributed by atoms with Gasteiger partial charge >= 0.3 is 0 Å². The second kappa shape index (κ2) is 7.71. The molecule has 1 fully saturated rings. The number of amides is 1. The minimum Gasteiger partial charge on any atom is -0.378 e. The minimum atomic E-state index is 0.0584. The van der Waals surface area contributed by atoms with E-state index in [1.165, 1.54) is 11.5 Å². The van der Waals surface area contributed by atoms with Crippen LogP contribution in [0.3, 0.4) is 0 Å². The van der Waals surface area contributed by atoms with Gasteiger partial charge in [-0.3, -0.25) is 9.48 Å². The molecular weight excluding hydrogens is 328 g/mol. The van der Waals surface area contributed by atoms with Gasteiger partial charge in [0.05, 0.1) is 25.1 Å². The molecule has 3 heterocycles. The Kier molecular flexibility index (Phi) is 5.41. The summed E-state index contributed by atoms with van der Waals surface area (Å²) >= 11 is 1.33. The van der Waals surface area contributed by atoms with Crippen molar-refractivity contribution in [3.8, 4) is 0 Å². The van der Waals surface area contributed by atoms with Crippen LogP contribution >= 0.6 is 11.5 Å². The minimum absolute atomic E-state index is 0.0584. The summed E-state index contributed by atoms with van der Waals surface area (Å²) in [6, 6.07) is 0. The molecule has 24 heavy (non-hydrogen) atoms. The number of aromatic nitrogens is 4. The predicted molar refractivity (Wildman–Crippen MR) is 91.4 cm³/mol. The van der Waals surface area contributed by atoms with Crippen LogP contribution in [0.2, 0.25) is 0 Å². The molecule has 0 aromatic carbocycles. The van der Waals surface area contributed by atoms with Crippen LogP contribution in [0.5, 0.6) is 0 Å². The predicted octanol–water partition coefficient (Wildman–Crippen LogP) is 1.54. The van der Waals surface area contributed by atoms with E-state index >= 15 is 0 Å². The number of ether oxygens (including phenoxy) is 1. The molecule has 1 aliphatic rings. The van der Waals surface area contributed by atoms with Gasteiger partial charge < -0.3 is 15.0 Å². The Labute approximate surface area is 145 Å². The zero-order valence-electron chi connectivity index (χ0n) is 13.9. The summed E-state index contributed by atoms with van der Waals surface area (Å²) in [6.07, 6.45) is 4.36. The number of nitrogens with zero attached hydrogens (tertiary/aromatic N) is 5. The Morgan fingerprint density at radius 1 is 1.42 bits per heavy atom. The van der Waals surface area contributed by atoms with Crippen molar-refractivity contribution >= 4 is 28.3 Å². The number of hydrogen-bond acceptors (Lipinski definition) is 7. The molecule has 0 radical (unpaired) electrons. The van der Waals surface area contributed by atoms with Crippen LogP contribution in [0.15, 0.2) is 12.4 Å². The number of rotatable bonds is 6. The highest BCUT2D eigenvalue weighted by Crippen LogP contribution is 2.19. The van der Waals surface area contributed by atoms with E-state index in [9.17, 15) is 4.79 Å². The summed E-state index contributed by atoms with van der Waals surface area (Å²) in [5.74, 6) is 1.44. The van der Waals surface area contributed by atoms with Crippen molar-refractivity contribution in [2.45, 2.75) is 26.8 Å². The molecule has 1 aliphatic heterocycles. The van der Waals surface area contributed by atoms with Gasteiger partial charge in [0.15, 0.2) is 0 Å². The van der Waals surface area contributed by atoms with Gasteiger partial charge in [-0.2, -0.15) is 9.47 Å². The standard InChI is InChI=1S/C15H22N6O2S/c1-11(2)7-13-18-15(24-19-13)17-12-8-16-21(9-12)10-14(22)20-3-5-23-6-4-20/h8-9,11H,3-7,10H2,1-2H3,(H,17,18,19). The van der Waals surface area contributed by atoms with E-state index in [-0.39, 0.29) is 12.5 Å². The molecule has 1 saturated heterocycles. The van der Waals surface area contributed by atoms with E-state index in [1.54, 1.807) is 15.8 Å². The Morgan fingerprint density at radius 3 is 2.96 bits per heavy atom. The Balaban J connectivity index is 1.55. The van der Waals surface area contributed by atoms with E-state index in [0.717, 1.165) is 23.1 Å².